The molecule has 1 atom stereocenters. The van der Waals surface area contributed by atoms with Crippen LogP contribution >= 0.6 is 0 Å². The van der Waals surface area contributed by atoms with E-state index in [2.05, 4.69) is 15.6 Å². The summed E-state index contributed by atoms with van der Waals surface area (Å²) in [6, 6.07) is 16.9. The number of aromatic nitrogens is 1. The first-order chi connectivity index (χ1) is 12.7. The Bertz CT molecular complexity index is 956. The molecule has 0 bridgehead atoms. The number of pyridine rings is 1. The number of anilines is 1. The zero-order chi connectivity index (χ0) is 17.9. The molecule has 6 nitrogen and oxygen atoms in total. The average Bonchev–Trinajstić information content (AvgIpc) is 3.11. The lowest BCUT2D eigenvalue weighted by Crippen LogP contribution is -2.41. The normalized spacial score (nSPS) is 15.2. The number of benzene rings is 2. The molecule has 0 saturated carbocycles. The zero-order valence-electron chi connectivity index (χ0n) is 13.9. The summed E-state index contributed by atoms with van der Waals surface area (Å²) in [4.78, 5) is 28.7. The first-order valence-corrected chi connectivity index (χ1v) is 8.36. The van der Waals surface area contributed by atoms with Crippen LogP contribution in [0.25, 0.3) is 10.9 Å². The summed E-state index contributed by atoms with van der Waals surface area (Å²) in [6.45, 7) is -0.127. The molecule has 2 heterocycles. The van der Waals surface area contributed by atoms with Crippen LogP contribution in [-0.2, 0) is 16.0 Å². The largest absolute Gasteiger partial charge is 0.480 e. The van der Waals surface area contributed by atoms with E-state index in [1.165, 1.54) is 0 Å². The molecule has 0 fully saturated rings. The molecule has 2 aromatic carbocycles. The minimum atomic E-state index is -0.598. The van der Waals surface area contributed by atoms with Gasteiger partial charge in [-0.2, -0.15) is 0 Å². The predicted molar refractivity (Wildman–Crippen MR) is 97.9 cm³/mol. The summed E-state index contributed by atoms with van der Waals surface area (Å²) in [5.41, 5.74) is 2.33. The summed E-state index contributed by atoms with van der Waals surface area (Å²) >= 11 is 0. The van der Waals surface area contributed by atoms with Crippen molar-refractivity contribution in [2.75, 3.05) is 11.9 Å². The van der Waals surface area contributed by atoms with Crippen molar-refractivity contribution in [2.24, 2.45) is 0 Å². The summed E-state index contributed by atoms with van der Waals surface area (Å²) in [6.07, 6.45) is 1.59. The second-order valence-corrected chi connectivity index (χ2v) is 6.07. The van der Waals surface area contributed by atoms with Crippen LogP contribution in [0.4, 0.5) is 5.69 Å². The van der Waals surface area contributed by atoms with E-state index >= 15 is 0 Å². The number of hydrogen-bond donors (Lipinski definition) is 2. The molecule has 1 aromatic heterocycles. The predicted octanol–water partition coefficient (Wildman–Crippen LogP) is 2.29. The molecule has 6 heteroatoms. The van der Waals surface area contributed by atoms with E-state index in [9.17, 15) is 9.59 Å². The maximum Gasteiger partial charge on any atom is 0.261 e. The minimum absolute atomic E-state index is 0.127. The number of fused-ring (bicyclic) bond motifs is 2. The fraction of sp³-hybridized carbons (Fsp3) is 0.150. The molecule has 0 unspecified atom stereocenters. The number of ether oxygens (including phenoxy) is 1. The van der Waals surface area contributed by atoms with Gasteiger partial charge >= 0.3 is 0 Å². The third-order valence-electron chi connectivity index (χ3n) is 4.27. The number of nitrogens with one attached hydrogen (secondary N) is 2. The summed E-state index contributed by atoms with van der Waals surface area (Å²) in [5, 5.41) is 6.36. The zero-order valence-corrected chi connectivity index (χ0v) is 13.9. The van der Waals surface area contributed by atoms with Crippen molar-refractivity contribution < 1.29 is 14.3 Å². The monoisotopic (exact) mass is 347 g/mol. The first-order valence-electron chi connectivity index (χ1n) is 8.36. The Morgan fingerprint density at radius 2 is 1.92 bits per heavy atom. The minimum Gasteiger partial charge on any atom is -0.480 e. The van der Waals surface area contributed by atoms with Crippen LogP contribution in [0.1, 0.15) is 5.56 Å². The van der Waals surface area contributed by atoms with Gasteiger partial charge in [-0.3, -0.25) is 14.6 Å². The smallest absolute Gasteiger partial charge is 0.261 e. The third-order valence-corrected chi connectivity index (χ3v) is 4.27. The molecule has 0 saturated heterocycles. The van der Waals surface area contributed by atoms with Crippen molar-refractivity contribution in [3.8, 4) is 5.75 Å². The van der Waals surface area contributed by atoms with Crippen LogP contribution in [0, 0.1) is 0 Å². The topological polar surface area (TPSA) is 80.3 Å². The number of nitrogens with zero attached hydrogens (tertiary/aromatic N) is 1. The van der Waals surface area contributed by atoms with Crippen molar-refractivity contribution in [3.05, 3.63) is 66.4 Å². The Hall–Kier alpha value is -3.41. The van der Waals surface area contributed by atoms with Gasteiger partial charge in [-0.1, -0.05) is 36.4 Å². The van der Waals surface area contributed by atoms with Gasteiger partial charge in [-0.15, -0.1) is 0 Å². The highest BCUT2D eigenvalue weighted by Crippen LogP contribution is 2.28. The molecule has 130 valence electrons. The molecule has 1 aliphatic rings. The highest BCUT2D eigenvalue weighted by molar-refractivity contribution is 6.02. The van der Waals surface area contributed by atoms with Gasteiger partial charge in [-0.05, 0) is 23.8 Å². The van der Waals surface area contributed by atoms with Crippen LogP contribution in [0.3, 0.4) is 0 Å². The van der Waals surface area contributed by atoms with E-state index in [4.69, 9.17) is 4.74 Å². The maximum absolute atomic E-state index is 12.3. The summed E-state index contributed by atoms with van der Waals surface area (Å²) in [7, 11) is 0. The molecule has 3 aromatic rings. The van der Waals surface area contributed by atoms with E-state index in [-0.39, 0.29) is 18.4 Å². The standard InChI is InChI=1S/C20H17N3O3/c24-18(23-15-8-3-6-13-7-4-10-21-19(13)15)12-22-20(25)17-11-14-5-1-2-9-16(14)26-17/h1-10,17H,11-12H2,(H,22,25)(H,23,24)/t17-/m0/s1. The van der Waals surface area contributed by atoms with E-state index in [0.29, 0.717) is 17.6 Å². The van der Waals surface area contributed by atoms with Gasteiger partial charge < -0.3 is 15.4 Å². The lowest BCUT2D eigenvalue weighted by molar-refractivity contribution is -0.129. The van der Waals surface area contributed by atoms with E-state index < -0.39 is 6.10 Å². The third kappa shape index (κ3) is 3.21. The lowest BCUT2D eigenvalue weighted by Gasteiger charge is -2.12. The quantitative estimate of drug-likeness (QED) is 0.759. The molecule has 4 rings (SSSR count). The molecular formula is C20H17N3O3. The second-order valence-electron chi connectivity index (χ2n) is 6.07. The summed E-state index contributed by atoms with van der Waals surface area (Å²) in [5.74, 6) is 0.110. The van der Waals surface area contributed by atoms with Gasteiger partial charge in [0.25, 0.3) is 5.91 Å². The SMILES string of the molecule is O=C(CNC(=O)[C@@H]1Cc2ccccc2O1)Nc1cccc2cccnc12. The van der Waals surface area contributed by atoms with Crippen molar-refractivity contribution in [1.29, 1.82) is 0 Å². The highest BCUT2D eigenvalue weighted by atomic mass is 16.5. The highest BCUT2D eigenvalue weighted by Gasteiger charge is 2.28. The molecular weight excluding hydrogens is 330 g/mol. The number of rotatable bonds is 4. The molecule has 1 aliphatic heterocycles. The van der Waals surface area contributed by atoms with E-state index in [0.717, 1.165) is 16.7 Å². The van der Waals surface area contributed by atoms with Crippen molar-refractivity contribution in [3.63, 3.8) is 0 Å². The summed E-state index contributed by atoms with van der Waals surface area (Å²) < 4.78 is 5.62. The van der Waals surface area contributed by atoms with Gasteiger partial charge in [-0.25, -0.2) is 0 Å². The Labute approximate surface area is 150 Å². The Morgan fingerprint density at radius 3 is 2.81 bits per heavy atom. The first kappa shape index (κ1) is 16.1. The molecule has 2 amide bonds. The van der Waals surface area contributed by atoms with Crippen LogP contribution in [0.2, 0.25) is 0 Å². The van der Waals surface area contributed by atoms with Crippen molar-refractivity contribution >= 4 is 28.4 Å². The van der Waals surface area contributed by atoms with Gasteiger partial charge in [0.2, 0.25) is 5.91 Å². The number of carbonyl (C=O) groups excluding carboxylic acids is 2. The number of hydrogen-bond acceptors (Lipinski definition) is 4. The Morgan fingerprint density at radius 1 is 1.08 bits per heavy atom. The number of carbonyl (C=O) groups is 2. The van der Waals surface area contributed by atoms with Crippen LogP contribution in [0.15, 0.2) is 60.8 Å². The fourth-order valence-corrected chi connectivity index (χ4v) is 3.01. The van der Waals surface area contributed by atoms with Crippen molar-refractivity contribution in [2.45, 2.75) is 12.5 Å². The van der Waals surface area contributed by atoms with Gasteiger partial charge in [0.05, 0.1) is 17.7 Å². The lowest BCUT2D eigenvalue weighted by atomic mass is 10.1. The van der Waals surface area contributed by atoms with Crippen LogP contribution in [0.5, 0.6) is 5.75 Å². The van der Waals surface area contributed by atoms with Crippen LogP contribution < -0.4 is 15.4 Å². The Balaban J connectivity index is 1.35. The van der Waals surface area contributed by atoms with Gasteiger partial charge in [0.1, 0.15) is 5.75 Å². The van der Waals surface area contributed by atoms with Crippen LogP contribution in [-0.4, -0.2) is 29.4 Å². The average molecular weight is 347 g/mol. The molecule has 26 heavy (non-hydrogen) atoms. The van der Waals surface area contributed by atoms with E-state index in [1.54, 1.807) is 12.3 Å². The molecule has 0 radical (unpaired) electrons. The van der Waals surface area contributed by atoms with E-state index in [1.807, 2.05) is 48.5 Å². The second kappa shape index (κ2) is 6.84. The number of para-hydroxylation sites is 2. The maximum atomic E-state index is 12.3. The fourth-order valence-electron chi connectivity index (χ4n) is 3.01. The van der Waals surface area contributed by atoms with Crippen molar-refractivity contribution in [1.82, 2.24) is 10.3 Å². The van der Waals surface area contributed by atoms with Gasteiger partial charge in [0, 0.05) is 18.0 Å². The Kier molecular flexibility index (Phi) is 4.23. The molecule has 2 N–H and O–H groups in total. The van der Waals surface area contributed by atoms with Gasteiger partial charge in [0.15, 0.2) is 6.10 Å². The number of amides is 2. The molecule has 0 aliphatic carbocycles. The molecule has 0 spiro atoms.